The van der Waals surface area contributed by atoms with Crippen LogP contribution < -0.4 is 21.5 Å². The van der Waals surface area contributed by atoms with E-state index in [9.17, 15) is 28.8 Å². The van der Waals surface area contributed by atoms with E-state index >= 15 is 0 Å². The summed E-state index contributed by atoms with van der Waals surface area (Å²) < 4.78 is 13.1. The van der Waals surface area contributed by atoms with E-state index in [1.165, 1.54) is 9.47 Å². The van der Waals surface area contributed by atoms with Gasteiger partial charge in [0.15, 0.2) is 0 Å². The number of piperazine rings is 1. The van der Waals surface area contributed by atoms with Gasteiger partial charge in [0.25, 0.3) is 23.3 Å². The Labute approximate surface area is 414 Å². The van der Waals surface area contributed by atoms with Crippen molar-refractivity contribution in [1.29, 1.82) is 0 Å². The molecule has 1 unspecified atom stereocenters. The number of hydrogen-bond donors (Lipinski definition) is 3. The van der Waals surface area contributed by atoms with E-state index in [2.05, 4.69) is 48.2 Å². The summed E-state index contributed by atoms with van der Waals surface area (Å²) >= 11 is 0. The second-order valence-electron chi connectivity index (χ2n) is 19.2. The molecule has 3 aliphatic rings. The number of piperidine rings is 1. The Morgan fingerprint density at radius 1 is 0.817 bits per heavy atom. The van der Waals surface area contributed by atoms with Crippen molar-refractivity contribution < 1.29 is 33.4 Å². The molecule has 2 saturated heterocycles. The molecule has 3 N–H and O–H groups in total. The fourth-order valence-electron chi connectivity index (χ4n) is 9.17. The van der Waals surface area contributed by atoms with E-state index in [1.54, 1.807) is 19.3 Å². The Balaban J connectivity index is 0.745. The van der Waals surface area contributed by atoms with Gasteiger partial charge in [-0.1, -0.05) is 75.9 Å². The molecule has 0 radical (unpaired) electrons. The summed E-state index contributed by atoms with van der Waals surface area (Å²) in [6.07, 6.45) is 2.41. The Kier molecular flexibility index (Phi) is 15.4. The van der Waals surface area contributed by atoms with Crippen LogP contribution in [0.15, 0.2) is 102 Å². The van der Waals surface area contributed by atoms with E-state index in [-0.39, 0.29) is 53.9 Å². The quantitative estimate of drug-likeness (QED) is 0.0731. The molecule has 5 aromatic rings. The van der Waals surface area contributed by atoms with E-state index in [0.29, 0.717) is 96.8 Å². The van der Waals surface area contributed by atoms with Gasteiger partial charge in [-0.2, -0.15) is 0 Å². The maximum Gasteiger partial charge on any atom is 0.272 e. The van der Waals surface area contributed by atoms with Crippen molar-refractivity contribution in [2.75, 3.05) is 76.3 Å². The van der Waals surface area contributed by atoms with Crippen LogP contribution in [0.1, 0.15) is 92.6 Å². The van der Waals surface area contributed by atoms with Gasteiger partial charge in [0.05, 0.1) is 37.7 Å². The van der Waals surface area contributed by atoms with E-state index < -0.39 is 11.9 Å². The SMILES string of the molecule is C=C1c2cccc(NCCOCCOCCN3CCN(C(=O)c4ccc(Cc5nc(-c6cccc(NC(=O)c7ccc(C(C)(C)C)cc7)c6C)cn(C)c5=O)cc4)CC3)c2C(=O)N1C1CCC(=O)NC1=O. The largest absolute Gasteiger partial charge is 0.382 e. The topological polar surface area (TPSA) is 185 Å². The van der Waals surface area contributed by atoms with Gasteiger partial charge >= 0.3 is 0 Å². The zero-order valence-electron chi connectivity index (χ0n) is 41.1. The second kappa shape index (κ2) is 21.8. The van der Waals surface area contributed by atoms with Crippen LogP contribution in [-0.4, -0.2) is 126 Å². The van der Waals surface area contributed by atoms with Crippen molar-refractivity contribution in [1.82, 2.24) is 29.6 Å². The van der Waals surface area contributed by atoms with Crippen molar-refractivity contribution in [3.8, 4) is 11.3 Å². The molecule has 0 aliphatic carbocycles. The second-order valence-corrected chi connectivity index (χ2v) is 19.2. The molecule has 71 heavy (non-hydrogen) atoms. The summed E-state index contributed by atoms with van der Waals surface area (Å²) in [5, 5.41) is 8.64. The number of aryl methyl sites for hydroxylation is 1. The Bertz CT molecular complexity index is 2900. The predicted molar refractivity (Wildman–Crippen MR) is 272 cm³/mol. The molecule has 4 aromatic carbocycles. The number of imide groups is 1. The molecule has 2 fully saturated rings. The third-order valence-corrected chi connectivity index (χ3v) is 13.3. The Hall–Kier alpha value is -7.27. The van der Waals surface area contributed by atoms with Crippen molar-refractivity contribution >= 4 is 46.6 Å². The van der Waals surface area contributed by atoms with E-state index in [0.717, 1.165) is 41.9 Å². The molecule has 5 amide bonds. The van der Waals surface area contributed by atoms with Crippen LogP contribution in [0.3, 0.4) is 0 Å². The number of fused-ring (bicyclic) bond motifs is 1. The first-order chi connectivity index (χ1) is 34.1. The maximum absolute atomic E-state index is 13.5. The van der Waals surface area contributed by atoms with Crippen LogP contribution in [-0.2, 0) is 37.9 Å². The summed E-state index contributed by atoms with van der Waals surface area (Å²) in [7, 11) is 1.70. The van der Waals surface area contributed by atoms with E-state index in [4.69, 9.17) is 14.5 Å². The first-order valence-corrected chi connectivity index (χ1v) is 24.1. The summed E-state index contributed by atoms with van der Waals surface area (Å²) in [5.74, 6) is -1.40. The number of carbonyl (C=O) groups is 5. The summed E-state index contributed by atoms with van der Waals surface area (Å²) in [6, 6.07) is 25.3. The minimum Gasteiger partial charge on any atom is -0.382 e. The molecule has 16 nitrogen and oxygen atoms in total. The van der Waals surface area contributed by atoms with Crippen molar-refractivity contribution in [2.45, 2.75) is 58.4 Å². The normalized spacial score (nSPS) is 16.3. The first-order valence-electron chi connectivity index (χ1n) is 24.1. The average Bonchev–Trinajstić information content (AvgIpc) is 3.61. The number of nitrogens with one attached hydrogen (secondary N) is 3. The molecular formula is C55H62N8O8. The molecule has 370 valence electrons. The van der Waals surface area contributed by atoms with Gasteiger partial charge in [-0.05, 0) is 71.8 Å². The van der Waals surface area contributed by atoms with Crippen LogP contribution in [0.2, 0.25) is 0 Å². The highest BCUT2D eigenvalue weighted by Gasteiger charge is 2.42. The van der Waals surface area contributed by atoms with Crippen molar-refractivity contribution in [3.63, 3.8) is 0 Å². The van der Waals surface area contributed by atoms with Gasteiger partial charge in [-0.15, -0.1) is 0 Å². The van der Waals surface area contributed by atoms with Crippen molar-refractivity contribution in [2.24, 2.45) is 7.05 Å². The number of carbonyl (C=O) groups excluding carboxylic acids is 5. The minimum absolute atomic E-state index is 0.0182. The van der Waals surface area contributed by atoms with Gasteiger partial charge in [-0.3, -0.25) is 43.9 Å². The van der Waals surface area contributed by atoms with Crippen LogP contribution in [0.4, 0.5) is 11.4 Å². The third-order valence-electron chi connectivity index (χ3n) is 13.3. The molecule has 0 bridgehead atoms. The average molecular weight is 963 g/mol. The van der Waals surface area contributed by atoms with Gasteiger partial charge < -0.3 is 29.6 Å². The van der Waals surface area contributed by atoms with Gasteiger partial charge in [-0.25, -0.2) is 4.98 Å². The minimum atomic E-state index is -0.779. The van der Waals surface area contributed by atoms with Crippen LogP contribution in [0, 0.1) is 6.92 Å². The number of anilines is 2. The number of benzene rings is 4. The zero-order valence-corrected chi connectivity index (χ0v) is 41.1. The lowest BCUT2D eigenvalue weighted by atomic mass is 9.86. The van der Waals surface area contributed by atoms with Gasteiger partial charge in [0.1, 0.15) is 11.7 Å². The lowest BCUT2D eigenvalue weighted by molar-refractivity contribution is -0.136. The Morgan fingerprint density at radius 3 is 2.17 bits per heavy atom. The van der Waals surface area contributed by atoms with Gasteiger partial charge in [0, 0.05) is 105 Å². The number of amides is 5. The van der Waals surface area contributed by atoms with Gasteiger partial charge in [0.2, 0.25) is 11.8 Å². The number of aromatic nitrogens is 2. The number of nitrogens with zero attached hydrogens (tertiary/aromatic N) is 5. The fraction of sp³-hybridized carbons (Fsp3) is 0.364. The number of hydrogen-bond acceptors (Lipinski definition) is 11. The molecule has 8 rings (SSSR count). The zero-order chi connectivity index (χ0) is 50.4. The smallest absolute Gasteiger partial charge is 0.272 e. The molecule has 1 atom stereocenters. The number of rotatable bonds is 17. The fourth-order valence-corrected chi connectivity index (χ4v) is 9.17. The highest BCUT2D eigenvalue weighted by atomic mass is 16.5. The number of ether oxygens (including phenoxy) is 2. The van der Waals surface area contributed by atoms with E-state index in [1.807, 2.05) is 90.7 Å². The highest BCUT2D eigenvalue weighted by Crippen LogP contribution is 2.38. The molecule has 0 spiro atoms. The molecule has 16 heteroatoms. The molecule has 0 saturated carbocycles. The maximum atomic E-state index is 13.5. The van der Waals surface area contributed by atoms with Crippen LogP contribution >= 0.6 is 0 Å². The van der Waals surface area contributed by atoms with Crippen LogP contribution in [0.25, 0.3) is 17.0 Å². The third kappa shape index (κ3) is 11.5. The monoisotopic (exact) mass is 962 g/mol. The van der Waals surface area contributed by atoms with Crippen molar-refractivity contribution in [3.05, 3.63) is 153 Å². The standard InChI is InChI=1S/C55H62N8O8/c1-35-41(9-7-11-43(35)58-50(65)38-17-19-40(20-18-38)55(3,4)5)46-34-60(6)53(68)45(57-46)33-37-13-15-39(16-14-37)52(67)62-26-24-61(25-27-62)28-30-71-32-31-70-29-23-56-44-12-8-10-42-36(2)63(54(69)49(42)44)47-21-22-48(64)59-51(47)66/h7-20,34,47,56H,2,21-33H2,1,3-6H3,(H,58,65)(H,59,64,66). The lowest BCUT2D eigenvalue weighted by Crippen LogP contribution is -2.52. The molecule has 1 aromatic heterocycles. The summed E-state index contributed by atoms with van der Waals surface area (Å²) in [4.78, 5) is 88.1. The summed E-state index contributed by atoms with van der Waals surface area (Å²) in [5.41, 5.74) is 8.37. The van der Waals surface area contributed by atoms with Crippen LogP contribution in [0.5, 0.6) is 0 Å². The highest BCUT2D eigenvalue weighted by molar-refractivity contribution is 6.15. The first kappa shape index (κ1) is 50.1. The summed E-state index contributed by atoms with van der Waals surface area (Å²) in [6.45, 7) is 18.0. The lowest BCUT2D eigenvalue weighted by Gasteiger charge is -2.34. The molecular weight excluding hydrogens is 901 g/mol. The predicted octanol–water partition coefficient (Wildman–Crippen LogP) is 6.03. The molecule has 4 heterocycles. The Morgan fingerprint density at radius 2 is 1.48 bits per heavy atom. The molecule has 3 aliphatic heterocycles.